The van der Waals surface area contributed by atoms with Crippen molar-refractivity contribution in [2.75, 3.05) is 12.3 Å². The number of nitrogens with zero attached hydrogens (tertiary/aromatic N) is 1. The van der Waals surface area contributed by atoms with E-state index in [1.807, 2.05) is 61.4 Å². The summed E-state index contributed by atoms with van der Waals surface area (Å²) in [4.78, 5) is 14.4. The molecule has 1 aromatic rings. The molecule has 0 unspecified atom stereocenters. The summed E-state index contributed by atoms with van der Waals surface area (Å²) in [5, 5.41) is 0. The number of rotatable bonds is 5. The smallest absolute Gasteiger partial charge is 0.253 e. The molecule has 1 rings (SSSR count). The normalized spacial score (nSPS) is 12.3. The fourth-order valence-corrected chi connectivity index (χ4v) is 5.29. The molecule has 0 fully saturated rings. The molecule has 0 aliphatic heterocycles. The van der Waals surface area contributed by atoms with Gasteiger partial charge >= 0.3 is 0 Å². The predicted molar refractivity (Wildman–Crippen MR) is 89.0 cm³/mol. The highest BCUT2D eigenvalue weighted by Crippen LogP contribution is 2.17. The van der Waals surface area contributed by atoms with Crippen LogP contribution in [0.25, 0.3) is 0 Å². The van der Waals surface area contributed by atoms with E-state index in [1.54, 1.807) is 0 Å². The molecule has 0 bridgehead atoms. The zero-order valence-corrected chi connectivity index (χ0v) is 15.4. The van der Waals surface area contributed by atoms with Crippen molar-refractivity contribution in [2.24, 2.45) is 0 Å². The molecule has 0 atom stereocenters. The number of hydrogen-bond acceptors (Lipinski definition) is 1. The first-order chi connectivity index (χ1) is 8.58. The Bertz CT molecular complexity index is 411. The lowest BCUT2D eigenvalue weighted by atomic mass is 10.2. The van der Waals surface area contributed by atoms with E-state index in [9.17, 15) is 4.79 Å². The first-order valence-electron chi connectivity index (χ1n) is 6.31. The molecule has 6 heteroatoms. The second-order valence-electron chi connectivity index (χ2n) is 5.96. The van der Waals surface area contributed by atoms with Crippen molar-refractivity contribution >= 4 is 42.8 Å². The van der Waals surface area contributed by atoms with Crippen LogP contribution in [0.15, 0.2) is 30.3 Å². The zero-order valence-electron chi connectivity index (χ0n) is 11.9. The molecular formula is C13H21Cl2NOSi2. The minimum absolute atomic E-state index is 0.0306. The predicted octanol–water partition coefficient (Wildman–Crippen LogP) is 4.10. The van der Waals surface area contributed by atoms with Gasteiger partial charge in [-0.25, -0.2) is 0 Å². The van der Waals surface area contributed by atoms with Crippen LogP contribution in [0.3, 0.4) is 0 Å². The second kappa shape index (κ2) is 6.44. The third-order valence-corrected chi connectivity index (χ3v) is 5.43. The summed E-state index contributed by atoms with van der Waals surface area (Å²) in [6.45, 7) is 8.18. The van der Waals surface area contributed by atoms with Crippen molar-refractivity contribution in [3.05, 3.63) is 35.9 Å². The van der Waals surface area contributed by atoms with Gasteiger partial charge < -0.3 is 4.90 Å². The monoisotopic (exact) mass is 333 g/mol. The van der Waals surface area contributed by atoms with Crippen molar-refractivity contribution in [3.63, 3.8) is 0 Å². The lowest BCUT2D eigenvalue weighted by Gasteiger charge is -2.31. The molecule has 0 saturated carbocycles. The average molecular weight is 334 g/mol. The Morgan fingerprint density at radius 1 is 1.00 bits per heavy atom. The van der Waals surface area contributed by atoms with Gasteiger partial charge in [-0.05, 0) is 12.1 Å². The molecule has 0 aliphatic carbocycles. The van der Waals surface area contributed by atoms with Crippen molar-refractivity contribution < 1.29 is 4.79 Å². The van der Waals surface area contributed by atoms with Gasteiger partial charge in [0.1, 0.15) is 0 Å². The number of carbonyl (C=O) groups excluding carboxylic acids is 1. The molecule has 19 heavy (non-hydrogen) atoms. The van der Waals surface area contributed by atoms with E-state index in [0.717, 1.165) is 0 Å². The molecule has 0 radical (unpaired) electrons. The molecule has 0 aliphatic rings. The van der Waals surface area contributed by atoms with Crippen LogP contribution in [0.5, 0.6) is 0 Å². The molecule has 106 valence electrons. The lowest BCUT2D eigenvalue weighted by Crippen LogP contribution is -2.48. The first-order valence-corrected chi connectivity index (χ1v) is 14.7. The van der Waals surface area contributed by atoms with Gasteiger partial charge in [0.05, 0.1) is 0 Å². The maximum absolute atomic E-state index is 12.6. The maximum atomic E-state index is 12.6. The molecular weight excluding hydrogens is 313 g/mol. The highest BCUT2D eigenvalue weighted by molar-refractivity contribution is 7.20. The molecule has 1 aromatic carbocycles. The standard InChI is InChI=1S/C13H21Cl2NOSi2/c1-18(2,14)10-16(11-19(3,4)15)13(17)12-8-6-5-7-9-12/h5-9H,10-11H2,1-4H3. The van der Waals surface area contributed by atoms with E-state index < -0.39 is 14.8 Å². The summed E-state index contributed by atoms with van der Waals surface area (Å²) in [6, 6.07) is 9.32. The van der Waals surface area contributed by atoms with Crippen molar-refractivity contribution in [2.45, 2.75) is 26.2 Å². The average Bonchev–Trinajstić information content (AvgIpc) is 2.24. The van der Waals surface area contributed by atoms with Crippen LogP contribution < -0.4 is 0 Å². The van der Waals surface area contributed by atoms with Gasteiger partial charge in [-0.15, -0.1) is 0 Å². The Morgan fingerprint density at radius 2 is 1.42 bits per heavy atom. The summed E-state index contributed by atoms with van der Waals surface area (Å²) in [5.74, 6) is 0.0306. The summed E-state index contributed by atoms with van der Waals surface area (Å²) in [6.07, 6.45) is 1.26. The second-order valence-corrected chi connectivity index (χ2v) is 19.6. The minimum Gasteiger partial charge on any atom is -0.342 e. The zero-order chi connectivity index (χ0) is 14.7. The number of amides is 1. The number of carbonyl (C=O) groups is 1. The van der Waals surface area contributed by atoms with E-state index in [4.69, 9.17) is 22.2 Å². The number of benzene rings is 1. The Labute approximate surface area is 127 Å². The highest BCUT2D eigenvalue weighted by Gasteiger charge is 2.30. The summed E-state index contributed by atoms with van der Waals surface area (Å²) >= 11 is 12.8. The maximum Gasteiger partial charge on any atom is 0.253 e. The lowest BCUT2D eigenvalue weighted by molar-refractivity contribution is 0.0803. The summed E-state index contributed by atoms with van der Waals surface area (Å²) < 4.78 is 0. The van der Waals surface area contributed by atoms with Crippen LogP contribution in [0, 0.1) is 0 Å². The Kier molecular flexibility index (Phi) is 5.68. The van der Waals surface area contributed by atoms with Gasteiger partial charge in [-0.3, -0.25) is 4.79 Å². The Morgan fingerprint density at radius 3 is 1.79 bits per heavy atom. The molecule has 2 nitrogen and oxygen atoms in total. The van der Waals surface area contributed by atoms with Crippen LogP contribution in [-0.4, -0.2) is 37.9 Å². The van der Waals surface area contributed by atoms with Gasteiger partial charge in [-0.2, -0.15) is 22.2 Å². The topological polar surface area (TPSA) is 20.3 Å². The fourth-order valence-electron chi connectivity index (χ4n) is 1.87. The molecule has 0 spiro atoms. The van der Waals surface area contributed by atoms with Crippen LogP contribution in [0.2, 0.25) is 26.2 Å². The van der Waals surface area contributed by atoms with Crippen molar-refractivity contribution in [3.8, 4) is 0 Å². The SMILES string of the molecule is C[Si](C)(Cl)CN(C[Si](C)(C)Cl)C(=O)c1ccccc1. The van der Waals surface area contributed by atoms with Crippen molar-refractivity contribution in [1.29, 1.82) is 0 Å². The Hall–Kier alpha value is -0.296. The minimum atomic E-state index is -1.87. The molecule has 0 heterocycles. The van der Waals surface area contributed by atoms with E-state index in [2.05, 4.69) is 0 Å². The van der Waals surface area contributed by atoms with Crippen LogP contribution >= 0.6 is 22.2 Å². The van der Waals surface area contributed by atoms with E-state index in [0.29, 0.717) is 17.9 Å². The van der Waals surface area contributed by atoms with Crippen LogP contribution in [0.4, 0.5) is 0 Å². The molecule has 0 aromatic heterocycles. The third-order valence-electron chi connectivity index (χ3n) is 2.44. The first kappa shape index (κ1) is 16.8. The van der Waals surface area contributed by atoms with Crippen LogP contribution in [0.1, 0.15) is 10.4 Å². The van der Waals surface area contributed by atoms with Crippen molar-refractivity contribution in [1.82, 2.24) is 4.90 Å². The summed E-state index contributed by atoms with van der Waals surface area (Å²) in [5.41, 5.74) is 0.701. The van der Waals surface area contributed by atoms with Gasteiger partial charge in [-0.1, -0.05) is 44.4 Å². The summed E-state index contributed by atoms with van der Waals surface area (Å²) in [7, 11) is -3.75. The number of halogens is 2. The van der Waals surface area contributed by atoms with Gasteiger partial charge in [0.15, 0.2) is 14.8 Å². The fraction of sp³-hybridized carbons (Fsp3) is 0.462. The number of hydrogen-bond donors (Lipinski definition) is 0. The van der Waals surface area contributed by atoms with E-state index >= 15 is 0 Å². The Balaban J connectivity index is 2.93. The third kappa shape index (κ3) is 6.61. The van der Waals surface area contributed by atoms with E-state index in [-0.39, 0.29) is 5.91 Å². The molecule has 0 N–H and O–H groups in total. The largest absolute Gasteiger partial charge is 0.342 e. The molecule has 1 amide bonds. The quantitative estimate of drug-likeness (QED) is 0.586. The van der Waals surface area contributed by atoms with Crippen LogP contribution in [-0.2, 0) is 0 Å². The molecule has 0 saturated heterocycles. The van der Waals surface area contributed by atoms with E-state index in [1.165, 1.54) is 0 Å². The van der Waals surface area contributed by atoms with Gasteiger partial charge in [0, 0.05) is 17.9 Å². The van der Waals surface area contributed by atoms with Gasteiger partial charge in [0.25, 0.3) is 5.91 Å². The highest BCUT2D eigenvalue weighted by atomic mass is 35.6. The van der Waals surface area contributed by atoms with Gasteiger partial charge in [0.2, 0.25) is 0 Å².